The summed E-state index contributed by atoms with van der Waals surface area (Å²) < 4.78 is 0. The maximum Gasteiger partial charge on any atom is 0.172 e. The molecule has 0 amide bonds. The van der Waals surface area contributed by atoms with Crippen molar-refractivity contribution in [3.8, 4) is 0 Å². The van der Waals surface area contributed by atoms with Crippen LogP contribution < -0.4 is 4.84 Å². The normalized spacial score (nSPS) is 10.1. The van der Waals surface area contributed by atoms with Crippen molar-refractivity contribution in [2.24, 2.45) is 0 Å². The molecule has 16 heavy (non-hydrogen) atoms. The number of aryl methyl sites for hydroxylation is 1. The van der Waals surface area contributed by atoms with Gasteiger partial charge in [-0.05, 0) is 12.5 Å². The topological polar surface area (TPSA) is 44.1 Å². The summed E-state index contributed by atoms with van der Waals surface area (Å²) >= 11 is 0. The minimum atomic E-state index is 0.392. The van der Waals surface area contributed by atoms with Crippen molar-refractivity contribution in [1.29, 1.82) is 0 Å². The highest BCUT2D eigenvalue weighted by molar-refractivity contribution is 5.73. The monoisotopic (exact) mass is 216 g/mol. The molecule has 0 bridgehead atoms. The molecule has 4 heteroatoms. The fraction of sp³-hybridized carbons (Fsp3) is 0.167. The molecule has 2 aromatic rings. The Labute approximate surface area is 93.4 Å². The van der Waals surface area contributed by atoms with Gasteiger partial charge in [-0.25, -0.2) is 0 Å². The van der Waals surface area contributed by atoms with Crippen LogP contribution in [0.5, 0.6) is 0 Å². The van der Waals surface area contributed by atoms with Crippen molar-refractivity contribution in [3.63, 3.8) is 0 Å². The molecule has 0 atom stereocenters. The Bertz CT molecular complexity index is 477. The molecular weight excluding hydrogens is 204 g/mol. The molecule has 0 spiro atoms. The predicted molar refractivity (Wildman–Crippen MR) is 59.1 cm³/mol. The van der Waals surface area contributed by atoms with Crippen molar-refractivity contribution >= 4 is 6.29 Å². The molecule has 0 N–H and O–H groups in total. The SMILES string of the molecule is Cc1cnn(OCc2ccccc2)c1C=O. The lowest BCUT2D eigenvalue weighted by atomic mass is 10.2. The quantitative estimate of drug-likeness (QED) is 0.730. The highest BCUT2D eigenvalue weighted by Crippen LogP contribution is 2.04. The number of nitrogens with zero attached hydrogens (tertiary/aromatic N) is 2. The van der Waals surface area contributed by atoms with Crippen LogP contribution in [-0.4, -0.2) is 16.2 Å². The third kappa shape index (κ3) is 2.11. The smallest absolute Gasteiger partial charge is 0.172 e. The molecule has 1 aromatic heterocycles. The number of aldehydes is 1. The van der Waals surface area contributed by atoms with E-state index in [2.05, 4.69) is 5.10 Å². The summed E-state index contributed by atoms with van der Waals surface area (Å²) in [5, 5.41) is 3.96. The highest BCUT2D eigenvalue weighted by Gasteiger charge is 2.06. The van der Waals surface area contributed by atoms with Crippen molar-refractivity contribution in [2.45, 2.75) is 13.5 Å². The van der Waals surface area contributed by atoms with E-state index in [1.807, 2.05) is 37.3 Å². The maximum absolute atomic E-state index is 10.8. The maximum atomic E-state index is 10.8. The van der Waals surface area contributed by atoms with Crippen molar-refractivity contribution in [3.05, 3.63) is 53.3 Å². The van der Waals surface area contributed by atoms with Gasteiger partial charge in [-0.3, -0.25) is 4.79 Å². The third-order valence-corrected chi connectivity index (χ3v) is 2.27. The van der Waals surface area contributed by atoms with E-state index in [9.17, 15) is 4.79 Å². The Kier molecular flexibility index (Phi) is 3.00. The first kappa shape index (κ1) is 10.4. The van der Waals surface area contributed by atoms with Crippen molar-refractivity contribution in [2.75, 3.05) is 0 Å². The van der Waals surface area contributed by atoms with Gasteiger partial charge in [-0.2, -0.15) is 0 Å². The second kappa shape index (κ2) is 4.61. The minimum Gasteiger partial charge on any atom is -0.391 e. The van der Waals surface area contributed by atoms with E-state index in [4.69, 9.17) is 4.84 Å². The molecule has 0 unspecified atom stereocenters. The molecule has 0 aliphatic carbocycles. The first-order valence-corrected chi connectivity index (χ1v) is 4.98. The van der Waals surface area contributed by atoms with Gasteiger partial charge in [0, 0.05) is 5.56 Å². The molecule has 0 saturated carbocycles. The Hall–Kier alpha value is -2.10. The van der Waals surface area contributed by atoms with Gasteiger partial charge in [0.1, 0.15) is 12.3 Å². The van der Waals surface area contributed by atoms with Crippen LogP contribution in [0.2, 0.25) is 0 Å². The zero-order valence-electron chi connectivity index (χ0n) is 8.96. The summed E-state index contributed by atoms with van der Waals surface area (Å²) in [6.45, 7) is 2.21. The van der Waals surface area contributed by atoms with Gasteiger partial charge in [0.05, 0.1) is 6.20 Å². The van der Waals surface area contributed by atoms with E-state index >= 15 is 0 Å². The van der Waals surface area contributed by atoms with E-state index in [-0.39, 0.29) is 0 Å². The molecule has 2 rings (SSSR count). The van der Waals surface area contributed by atoms with Crippen LogP contribution in [0.25, 0.3) is 0 Å². The number of carbonyl (C=O) groups is 1. The largest absolute Gasteiger partial charge is 0.391 e. The third-order valence-electron chi connectivity index (χ3n) is 2.27. The van der Waals surface area contributed by atoms with E-state index in [1.54, 1.807) is 6.20 Å². The second-order valence-electron chi connectivity index (χ2n) is 3.46. The zero-order valence-corrected chi connectivity index (χ0v) is 8.96. The Morgan fingerprint density at radius 3 is 2.81 bits per heavy atom. The van der Waals surface area contributed by atoms with Gasteiger partial charge in [-0.1, -0.05) is 35.2 Å². The summed E-state index contributed by atoms with van der Waals surface area (Å²) in [6, 6.07) is 9.73. The molecule has 82 valence electrons. The van der Waals surface area contributed by atoms with Crippen LogP contribution in [0.4, 0.5) is 0 Å². The van der Waals surface area contributed by atoms with E-state index in [1.165, 1.54) is 4.85 Å². The summed E-state index contributed by atoms with van der Waals surface area (Å²) in [5.41, 5.74) is 2.30. The van der Waals surface area contributed by atoms with Gasteiger partial charge in [0.15, 0.2) is 6.29 Å². The van der Waals surface area contributed by atoms with Crippen LogP contribution in [-0.2, 0) is 6.61 Å². The fourth-order valence-electron chi connectivity index (χ4n) is 1.37. The second-order valence-corrected chi connectivity index (χ2v) is 3.46. The molecule has 0 radical (unpaired) electrons. The van der Waals surface area contributed by atoms with Gasteiger partial charge in [0.25, 0.3) is 0 Å². The molecule has 4 nitrogen and oxygen atoms in total. The van der Waals surface area contributed by atoms with Crippen LogP contribution >= 0.6 is 0 Å². The number of hydrogen-bond donors (Lipinski definition) is 0. The first-order valence-electron chi connectivity index (χ1n) is 4.98. The number of hydrogen-bond acceptors (Lipinski definition) is 3. The molecular formula is C12H12N2O2. The molecule has 0 aliphatic heterocycles. The molecule has 0 aliphatic rings. The van der Waals surface area contributed by atoms with Crippen molar-refractivity contribution in [1.82, 2.24) is 9.94 Å². The van der Waals surface area contributed by atoms with E-state index in [0.717, 1.165) is 17.4 Å². The van der Waals surface area contributed by atoms with Gasteiger partial charge >= 0.3 is 0 Å². The average Bonchev–Trinajstić information content (AvgIpc) is 2.68. The van der Waals surface area contributed by atoms with E-state index < -0.39 is 0 Å². The number of rotatable bonds is 4. The fourth-order valence-corrected chi connectivity index (χ4v) is 1.37. The average molecular weight is 216 g/mol. The minimum absolute atomic E-state index is 0.392. The van der Waals surface area contributed by atoms with Gasteiger partial charge in [-0.15, -0.1) is 5.10 Å². The molecule has 1 aromatic carbocycles. The van der Waals surface area contributed by atoms with Crippen LogP contribution in [0.1, 0.15) is 21.6 Å². The van der Waals surface area contributed by atoms with Crippen LogP contribution in [0.3, 0.4) is 0 Å². The Morgan fingerprint density at radius 2 is 2.12 bits per heavy atom. The summed E-state index contributed by atoms with van der Waals surface area (Å²) in [7, 11) is 0. The summed E-state index contributed by atoms with van der Waals surface area (Å²) in [4.78, 5) is 17.4. The van der Waals surface area contributed by atoms with Gasteiger partial charge < -0.3 is 4.84 Å². The number of aromatic nitrogens is 2. The lowest BCUT2D eigenvalue weighted by molar-refractivity contribution is 0.0630. The Morgan fingerprint density at radius 1 is 1.38 bits per heavy atom. The van der Waals surface area contributed by atoms with Crippen molar-refractivity contribution < 1.29 is 9.63 Å². The number of carbonyl (C=O) groups excluding carboxylic acids is 1. The van der Waals surface area contributed by atoms with Crippen LogP contribution in [0.15, 0.2) is 36.5 Å². The zero-order chi connectivity index (χ0) is 11.4. The van der Waals surface area contributed by atoms with Gasteiger partial charge in [0.2, 0.25) is 0 Å². The molecule has 0 saturated heterocycles. The highest BCUT2D eigenvalue weighted by atomic mass is 16.7. The lowest BCUT2D eigenvalue weighted by Gasteiger charge is -2.06. The lowest BCUT2D eigenvalue weighted by Crippen LogP contribution is -2.15. The van der Waals surface area contributed by atoms with Crippen LogP contribution in [0, 0.1) is 6.92 Å². The van der Waals surface area contributed by atoms with E-state index in [0.29, 0.717) is 12.3 Å². The molecule has 0 fully saturated rings. The predicted octanol–water partition coefficient (Wildman–Crippen LogP) is 1.63. The number of benzene rings is 1. The summed E-state index contributed by atoms with van der Waals surface area (Å²) in [5.74, 6) is 0. The first-order chi connectivity index (χ1) is 7.81. The Balaban J connectivity index is 2.08. The molecule has 1 heterocycles. The standard InChI is InChI=1S/C12H12N2O2/c1-10-7-13-14(12(10)8-15)16-9-11-5-3-2-4-6-11/h2-8H,9H2,1H3. The summed E-state index contributed by atoms with van der Waals surface area (Å²) in [6.07, 6.45) is 2.35.